The van der Waals surface area contributed by atoms with Crippen molar-refractivity contribution in [2.24, 2.45) is 5.92 Å². The van der Waals surface area contributed by atoms with Gasteiger partial charge in [-0.1, -0.05) is 13.3 Å². The summed E-state index contributed by atoms with van der Waals surface area (Å²) in [6, 6.07) is 0.797. The molecule has 1 aliphatic heterocycles. The third kappa shape index (κ3) is 6.53. The average Bonchev–Trinajstić information content (AvgIpc) is 3.24. The quantitative estimate of drug-likeness (QED) is 0.451. The molecule has 36 heavy (non-hydrogen) atoms. The summed E-state index contributed by atoms with van der Waals surface area (Å²) in [5.74, 6) is 2.19. The van der Waals surface area contributed by atoms with Crippen molar-refractivity contribution < 1.29 is 5.11 Å². The van der Waals surface area contributed by atoms with Gasteiger partial charge in [-0.2, -0.15) is 4.98 Å². The molecule has 3 fully saturated rings. The molecule has 3 heterocycles. The van der Waals surface area contributed by atoms with Gasteiger partial charge >= 0.3 is 0 Å². The van der Waals surface area contributed by atoms with Gasteiger partial charge in [0, 0.05) is 62.6 Å². The molecule has 0 radical (unpaired) electrons. The Morgan fingerprint density at radius 1 is 1.08 bits per heavy atom. The SMILES string of the molecule is CCC[C@H](C)Nc1ncc2c(n1)n([C@H]1CC[C@H](O)CC1)cc2[C@H]1CC[C@@H](CN2CCNCC2)CC1.Cl. The summed E-state index contributed by atoms with van der Waals surface area (Å²) in [7, 11) is 0. The van der Waals surface area contributed by atoms with Crippen LogP contribution in [-0.2, 0) is 0 Å². The number of fused-ring (bicyclic) bond motifs is 1. The van der Waals surface area contributed by atoms with Gasteiger partial charge in [0.05, 0.1) is 6.10 Å². The second kappa shape index (κ2) is 12.9. The topological polar surface area (TPSA) is 78.2 Å². The number of anilines is 1. The van der Waals surface area contributed by atoms with E-state index in [4.69, 9.17) is 9.97 Å². The maximum atomic E-state index is 10.1. The Kier molecular flexibility index (Phi) is 9.90. The molecule has 0 spiro atoms. The molecule has 2 aromatic rings. The van der Waals surface area contributed by atoms with Crippen molar-refractivity contribution in [1.29, 1.82) is 0 Å². The van der Waals surface area contributed by atoms with Gasteiger partial charge in [-0.25, -0.2) is 4.98 Å². The van der Waals surface area contributed by atoms with Crippen LogP contribution in [0.25, 0.3) is 11.0 Å². The molecule has 2 aromatic heterocycles. The molecule has 202 valence electrons. The summed E-state index contributed by atoms with van der Waals surface area (Å²) < 4.78 is 2.45. The predicted octanol–water partition coefficient (Wildman–Crippen LogP) is 5.11. The third-order valence-electron chi connectivity index (χ3n) is 8.77. The van der Waals surface area contributed by atoms with Gasteiger partial charge in [0.25, 0.3) is 0 Å². The minimum atomic E-state index is -0.139. The van der Waals surface area contributed by atoms with Crippen LogP contribution in [0.4, 0.5) is 5.95 Å². The summed E-state index contributed by atoms with van der Waals surface area (Å²) in [4.78, 5) is 12.5. The Balaban J connectivity index is 0.00000304. The largest absolute Gasteiger partial charge is 0.393 e. The molecule has 2 aliphatic carbocycles. The summed E-state index contributed by atoms with van der Waals surface area (Å²) in [5.41, 5.74) is 2.55. The summed E-state index contributed by atoms with van der Waals surface area (Å²) in [6.07, 6.45) is 15.7. The smallest absolute Gasteiger partial charge is 0.224 e. The number of piperazine rings is 1. The Hall–Kier alpha value is -1.41. The third-order valence-corrected chi connectivity index (χ3v) is 8.77. The van der Waals surface area contributed by atoms with E-state index in [1.165, 1.54) is 56.3 Å². The Labute approximate surface area is 223 Å². The van der Waals surface area contributed by atoms with E-state index in [2.05, 4.69) is 46.3 Å². The summed E-state index contributed by atoms with van der Waals surface area (Å²) >= 11 is 0. The van der Waals surface area contributed by atoms with Gasteiger partial charge in [0.2, 0.25) is 5.95 Å². The molecule has 8 heteroatoms. The van der Waals surface area contributed by atoms with E-state index in [1.807, 2.05) is 0 Å². The van der Waals surface area contributed by atoms with Crippen LogP contribution in [0.5, 0.6) is 0 Å². The van der Waals surface area contributed by atoms with Crippen LogP contribution in [0.3, 0.4) is 0 Å². The standard InChI is InChI=1S/C28H46N6O.ClH/c1-3-4-20(2)31-28-30-17-25-26(19-34(27(25)32-28)23-9-11-24(35)12-10-23)22-7-5-21(6-8-22)18-33-15-13-29-14-16-33;/h17,19-24,29,35H,3-16,18H2,1-2H3,(H,30,31,32);1H/t20-,21-,22+,23-,24-;/m0./s1. The van der Waals surface area contributed by atoms with Gasteiger partial charge in [-0.15, -0.1) is 12.4 Å². The first kappa shape index (κ1) is 27.6. The summed E-state index contributed by atoms with van der Waals surface area (Å²) in [6.45, 7) is 10.4. The molecule has 1 saturated heterocycles. The number of aliphatic hydroxyl groups excluding tert-OH is 1. The van der Waals surface area contributed by atoms with E-state index in [0.29, 0.717) is 18.0 Å². The molecule has 0 aromatic carbocycles. The molecule has 2 saturated carbocycles. The minimum absolute atomic E-state index is 0. The minimum Gasteiger partial charge on any atom is -0.393 e. The lowest BCUT2D eigenvalue weighted by Crippen LogP contribution is -2.45. The van der Waals surface area contributed by atoms with Gasteiger partial charge in [0.1, 0.15) is 5.65 Å². The maximum Gasteiger partial charge on any atom is 0.224 e. The van der Waals surface area contributed by atoms with Crippen LogP contribution in [0, 0.1) is 5.92 Å². The Morgan fingerprint density at radius 3 is 2.50 bits per heavy atom. The molecule has 0 bridgehead atoms. The fourth-order valence-corrected chi connectivity index (χ4v) is 6.70. The van der Waals surface area contributed by atoms with Crippen molar-refractivity contribution in [3.05, 3.63) is 18.0 Å². The Morgan fingerprint density at radius 2 is 1.81 bits per heavy atom. The number of hydrogen-bond acceptors (Lipinski definition) is 6. The highest BCUT2D eigenvalue weighted by Gasteiger charge is 2.29. The van der Waals surface area contributed by atoms with Crippen molar-refractivity contribution in [3.8, 4) is 0 Å². The number of halogens is 1. The number of hydrogen-bond donors (Lipinski definition) is 3. The van der Waals surface area contributed by atoms with Crippen molar-refractivity contribution >= 4 is 29.4 Å². The highest BCUT2D eigenvalue weighted by Crippen LogP contribution is 2.41. The second-order valence-electron chi connectivity index (χ2n) is 11.5. The highest BCUT2D eigenvalue weighted by atomic mass is 35.5. The van der Waals surface area contributed by atoms with Crippen molar-refractivity contribution in [2.45, 2.75) is 102 Å². The predicted molar refractivity (Wildman–Crippen MR) is 150 cm³/mol. The molecule has 1 atom stereocenters. The molecular formula is C28H47ClN6O. The van der Waals surface area contributed by atoms with Crippen LogP contribution < -0.4 is 10.6 Å². The molecule has 3 aliphatic rings. The lowest BCUT2D eigenvalue weighted by Gasteiger charge is -2.34. The van der Waals surface area contributed by atoms with Gasteiger partial charge in [0.15, 0.2) is 0 Å². The molecule has 0 unspecified atom stereocenters. The van der Waals surface area contributed by atoms with E-state index in [0.717, 1.165) is 69.1 Å². The average molecular weight is 519 g/mol. The van der Waals surface area contributed by atoms with E-state index in [9.17, 15) is 5.11 Å². The van der Waals surface area contributed by atoms with Crippen LogP contribution in [-0.4, -0.2) is 69.4 Å². The first-order valence-electron chi connectivity index (χ1n) is 14.4. The van der Waals surface area contributed by atoms with E-state index in [1.54, 1.807) is 0 Å². The van der Waals surface area contributed by atoms with Gasteiger partial charge < -0.3 is 25.2 Å². The number of aromatic nitrogens is 3. The summed E-state index contributed by atoms with van der Waals surface area (Å²) in [5, 5.41) is 18.3. The first-order chi connectivity index (χ1) is 17.1. The number of rotatable bonds is 8. The second-order valence-corrected chi connectivity index (χ2v) is 11.5. The normalized spacial score (nSPS) is 28.5. The maximum absolute atomic E-state index is 10.1. The van der Waals surface area contributed by atoms with E-state index in [-0.39, 0.29) is 18.5 Å². The zero-order valence-electron chi connectivity index (χ0n) is 22.3. The zero-order chi connectivity index (χ0) is 24.2. The highest BCUT2D eigenvalue weighted by molar-refractivity contribution is 5.85. The fraction of sp³-hybridized carbons (Fsp3) is 0.786. The molecule has 5 rings (SSSR count). The van der Waals surface area contributed by atoms with Crippen LogP contribution in [0.15, 0.2) is 12.4 Å². The number of nitrogens with one attached hydrogen (secondary N) is 2. The number of nitrogens with zero attached hydrogens (tertiary/aromatic N) is 4. The lowest BCUT2D eigenvalue weighted by molar-refractivity contribution is 0.111. The molecule has 7 nitrogen and oxygen atoms in total. The molecule has 3 N–H and O–H groups in total. The van der Waals surface area contributed by atoms with E-state index < -0.39 is 0 Å². The van der Waals surface area contributed by atoms with Crippen LogP contribution >= 0.6 is 12.4 Å². The lowest BCUT2D eigenvalue weighted by atomic mass is 9.78. The fourth-order valence-electron chi connectivity index (χ4n) is 6.70. The monoisotopic (exact) mass is 518 g/mol. The molecule has 0 amide bonds. The number of aliphatic hydroxyl groups is 1. The molecular weight excluding hydrogens is 472 g/mol. The van der Waals surface area contributed by atoms with Crippen LogP contribution in [0.1, 0.15) is 95.6 Å². The van der Waals surface area contributed by atoms with Crippen molar-refractivity contribution in [3.63, 3.8) is 0 Å². The van der Waals surface area contributed by atoms with E-state index >= 15 is 0 Å². The Bertz CT molecular complexity index is 945. The zero-order valence-corrected chi connectivity index (χ0v) is 23.1. The first-order valence-corrected chi connectivity index (χ1v) is 14.4. The van der Waals surface area contributed by atoms with Gasteiger partial charge in [-0.3, -0.25) is 0 Å². The van der Waals surface area contributed by atoms with Crippen molar-refractivity contribution in [2.75, 3.05) is 38.0 Å². The van der Waals surface area contributed by atoms with Crippen LogP contribution in [0.2, 0.25) is 0 Å². The van der Waals surface area contributed by atoms with Crippen molar-refractivity contribution in [1.82, 2.24) is 24.8 Å². The van der Waals surface area contributed by atoms with Gasteiger partial charge in [-0.05, 0) is 82.1 Å².